The highest BCUT2D eigenvalue weighted by molar-refractivity contribution is 5.85. The molecule has 166 valence electrons. The number of benzene rings is 1. The third-order valence-electron chi connectivity index (χ3n) is 6.37. The van der Waals surface area contributed by atoms with Crippen LogP contribution in [0.2, 0.25) is 0 Å². The lowest BCUT2D eigenvalue weighted by atomic mass is 9.80. The summed E-state index contributed by atoms with van der Waals surface area (Å²) in [4.78, 5) is 9.59. The minimum Gasteiger partial charge on any atom is -0.496 e. The number of aromatic nitrogens is 1. The summed E-state index contributed by atoms with van der Waals surface area (Å²) in [6.07, 6.45) is 6.77. The molecule has 2 aromatic rings. The highest BCUT2D eigenvalue weighted by Gasteiger charge is 2.31. The van der Waals surface area contributed by atoms with Gasteiger partial charge in [-0.3, -0.25) is 4.90 Å². The minimum atomic E-state index is 0. The van der Waals surface area contributed by atoms with E-state index < -0.39 is 0 Å². The molecule has 0 bridgehead atoms. The average molecular weight is 454 g/mol. The van der Waals surface area contributed by atoms with Gasteiger partial charge in [0.1, 0.15) is 17.3 Å². The van der Waals surface area contributed by atoms with Crippen LogP contribution in [0.3, 0.4) is 0 Å². The Hall–Kier alpha value is -1.69. The summed E-state index contributed by atoms with van der Waals surface area (Å²) >= 11 is 0. The molecule has 0 unspecified atom stereocenters. The smallest absolute Gasteiger partial charge is 0.128 e. The molecule has 2 fully saturated rings. The molecule has 1 aliphatic heterocycles. The molecular weight excluding hydrogens is 421 g/mol. The summed E-state index contributed by atoms with van der Waals surface area (Å²) < 4.78 is 11.3. The second-order valence-electron chi connectivity index (χ2n) is 7.79. The number of piperazine rings is 1. The van der Waals surface area contributed by atoms with E-state index in [0.29, 0.717) is 12.0 Å². The molecule has 0 N–H and O–H groups in total. The highest BCUT2D eigenvalue weighted by atomic mass is 35.5. The zero-order valence-corrected chi connectivity index (χ0v) is 19.5. The molecule has 0 atom stereocenters. The van der Waals surface area contributed by atoms with Crippen molar-refractivity contribution in [1.29, 1.82) is 0 Å². The van der Waals surface area contributed by atoms with Crippen LogP contribution in [-0.4, -0.2) is 56.3 Å². The number of hydrogen-bond donors (Lipinski definition) is 0. The summed E-state index contributed by atoms with van der Waals surface area (Å²) in [6.45, 7) is 4.39. The van der Waals surface area contributed by atoms with Gasteiger partial charge in [-0.25, -0.2) is 4.98 Å². The van der Waals surface area contributed by atoms with Crippen molar-refractivity contribution < 1.29 is 9.47 Å². The second kappa shape index (κ2) is 11.6. The first kappa shape index (κ1) is 24.6. The Kier molecular flexibility index (Phi) is 9.53. The minimum absolute atomic E-state index is 0. The predicted molar refractivity (Wildman–Crippen MR) is 127 cm³/mol. The normalized spacial score (nSPS) is 21.9. The first-order valence-electron chi connectivity index (χ1n) is 10.4. The molecular formula is C23H33Cl2N3O2. The lowest BCUT2D eigenvalue weighted by molar-refractivity contribution is 0.140. The van der Waals surface area contributed by atoms with E-state index in [1.807, 2.05) is 18.3 Å². The van der Waals surface area contributed by atoms with E-state index in [9.17, 15) is 0 Å². The third-order valence-corrected chi connectivity index (χ3v) is 6.37. The van der Waals surface area contributed by atoms with Crippen molar-refractivity contribution >= 4 is 30.6 Å². The molecule has 1 aromatic carbocycles. The summed E-state index contributed by atoms with van der Waals surface area (Å²) in [6, 6.07) is 13.0. The maximum absolute atomic E-state index is 5.64. The van der Waals surface area contributed by atoms with E-state index >= 15 is 0 Å². The molecule has 1 saturated carbocycles. The van der Waals surface area contributed by atoms with Crippen LogP contribution in [0, 0.1) is 0 Å². The molecule has 1 saturated heterocycles. The zero-order valence-electron chi connectivity index (χ0n) is 17.8. The largest absolute Gasteiger partial charge is 0.496 e. The number of halogens is 2. The number of rotatable bonds is 5. The van der Waals surface area contributed by atoms with Crippen molar-refractivity contribution in [1.82, 2.24) is 9.88 Å². The van der Waals surface area contributed by atoms with E-state index in [-0.39, 0.29) is 24.8 Å². The molecule has 4 rings (SSSR count). The van der Waals surface area contributed by atoms with E-state index in [0.717, 1.165) is 43.5 Å². The van der Waals surface area contributed by atoms with Gasteiger partial charge in [0.15, 0.2) is 0 Å². The fraction of sp³-hybridized carbons (Fsp3) is 0.522. The van der Waals surface area contributed by atoms with E-state index in [1.54, 1.807) is 14.2 Å². The first-order chi connectivity index (χ1) is 13.8. The predicted octanol–water partition coefficient (Wildman–Crippen LogP) is 4.79. The number of hydrogen-bond acceptors (Lipinski definition) is 5. The van der Waals surface area contributed by atoms with Gasteiger partial charge in [0.05, 0.1) is 14.2 Å². The SMILES string of the molecule is COc1cccc(OC)c1C1CCC(N2CCN(c3ccccn3)CC2)CC1.Cl.Cl. The van der Waals surface area contributed by atoms with Crippen LogP contribution in [0.4, 0.5) is 5.82 Å². The summed E-state index contributed by atoms with van der Waals surface area (Å²) in [5.74, 6) is 3.56. The maximum Gasteiger partial charge on any atom is 0.128 e. The molecule has 0 spiro atoms. The summed E-state index contributed by atoms with van der Waals surface area (Å²) in [5, 5.41) is 0. The van der Waals surface area contributed by atoms with Crippen LogP contribution < -0.4 is 14.4 Å². The zero-order chi connectivity index (χ0) is 19.3. The molecule has 0 radical (unpaired) electrons. The lowest BCUT2D eigenvalue weighted by Crippen LogP contribution is -2.51. The molecule has 2 heterocycles. The van der Waals surface area contributed by atoms with Gasteiger partial charge in [-0.1, -0.05) is 12.1 Å². The lowest BCUT2D eigenvalue weighted by Gasteiger charge is -2.42. The van der Waals surface area contributed by atoms with Crippen molar-refractivity contribution in [2.75, 3.05) is 45.3 Å². The molecule has 30 heavy (non-hydrogen) atoms. The van der Waals surface area contributed by atoms with Crippen molar-refractivity contribution in [2.24, 2.45) is 0 Å². The van der Waals surface area contributed by atoms with Gasteiger partial charge < -0.3 is 14.4 Å². The van der Waals surface area contributed by atoms with E-state index in [2.05, 4.69) is 39.0 Å². The fourth-order valence-corrected chi connectivity index (χ4v) is 4.87. The van der Waals surface area contributed by atoms with E-state index in [1.165, 1.54) is 31.2 Å². The van der Waals surface area contributed by atoms with Gasteiger partial charge in [-0.05, 0) is 55.9 Å². The number of methoxy groups -OCH3 is 2. The molecule has 7 heteroatoms. The number of ether oxygens (including phenoxy) is 2. The van der Waals surface area contributed by atoms with E-state index in [4.69, 9.17) is 9.47 Å². The fourth-order valence-electron chi connectivity index (χ4n) is 4.87. The van der Waals surface area contributed by atoms with Gasteiger partial charge in [0, 0.05) is 44.0 Å². The van der Waals surface area contributed by atoms with Crippen LogP contribution in [0.25, 0.3) is 0 Å². The van der Waals surface area contributed by atoms with Crippen molar-refractivity contribution in [3.8, 4) is 11.5 Å². The Balaban J connectivity index is 0.00000160. The van der Waals surface area contributed by atoms with Crippen molar-refractivity contribution in [3.05, 3.63) is 48.2 Å². The number of nitrogens with zero attached hydrogens (tertiary/aromatic N) is 3. The van der Waals surface area contributed by atoms with Crippen LogP contribution in [-0.2, 0) is 0 Å². The van der Waals surface area contributed by atoms with Gasteiger partial charge in [0.25, 0.3) is 0 Å². The van der Waals surface area contributed by atoms with Gasteiger partial charge >= 0.3 is 0 Å². The molecule has 5 nitrogen and oxygen atoms in total. The molecule has 2 aliphatic rings. The Morgan fingerprint density at radius 1 is 0.800 bits per heavy atom. The molecule has 1 aliphatic carbocycles. The number of anilines is 1. The second-order valence-corrected chi connectivity index (χ2v) is 7.79. The van der Waals surface area contributed by atoms with Gasteiger partial charge in [-0.2, -0.15) is 0 Å². The Morgan fingerprint density at radius 3 is 1.97 bits per heavy atom. The Morgan fingerprint density at radius 2 is 1.43 bits per heavy atom. The van der Waals surface area contributed by atoms with Crippen LogP contribution in [0.5, 0.6) is 11.5 Å². The van der Waals surface area contributed by atoms with Crippen LogP contribution in [0.1, 0.15) is 37.2 Å². The van der Waals surface area contributed by atoms with Crippen molar-refractivity contribution in [2.45, 2.75) is 37.6 Å². The first-order valence-corrected chi connectivity index (χ1v) is 10.4. The van der Waals surface area contributed by atoms with Crippen LogP contribution in [0.15, 0.2) is 42.6 Å². The molecule has 0 amide bonds. The topological polar surface area (TPSA) is 37.8 Å². The summed E-state index contributed by atoms with van der Waals surface area (Å²) in [7, 11) is 3.51. The molecule has 1 aromatic heterocycles. The average Bonchev–Trinajstić information content (AvgIpc) is 2.79. The number of pyridine rings is 1. The Bertz CT molecular complexity index is 740. The standard InChI is InChI=1S/C23H31N3O2.2ClH/c1-27-20-6-5-7-21(28-2)23(20)18-9-11-19(12-10-18)25-14-16-26(17-15-25)22-8-3-4-13-24-22;;/h3-8,13,18-19H,9-12,14-17H2,1-2H3;2*1H. The maximum atomic E-state index is 5.64. The van der Waals surface area contributed by atoms with Crippen molar-refractivity contribution in [3.63, 3.8) is 0 Å². The quantitative estimate of drug-likeness (QED) is 0.650. The monoisotopic (exact) mass is 453 g/mol. The van der Waals surface area contributed by atoms with Gasteiger partial charge in [-0.15, -0.1) is 24.8 Å². The highest BCUT2D eigenvalue weighted by Crippen LogP contribution is 2.43. The van der Waals surface area contributed by atoms with Crippen LogP contribution >= 0.6 is 24.8 Å². The van der Waals surface area contributed by atoms with Gasteiger partial charge in [0.2, 0.25) is 0 Å². The third kappa shape index (κ3) is 5.32. The summed E-state index contributed by atoms with van der Waals surface area (Å²) in [5.41, 5.74) is 1.26. The Labute approximate surface area is 192 Å².